The van der Waals surface area contributed by atoms with Crippen LogP contribution >= 0.6 is 0 Å². The Kier molecular flexibility index (Phi) is 3.43. The second kappa shape index (κ2) is 4.39. The third-order valence-electron chi connectivity index (χ3n) is 2.25. The summed E-state index contributed by atoms with van der Waals surface area (Å²) in [5.41, 5.74) is 1.78. The summed E-state index contributed by atoms with van der Waals surface area (Å²) in [5.74, 6) is 3.52. The van der Waals surface area contributed by atoms with Crippen molar-refractivity contribution in [1.29, 1.82) is 0 Å². The number of nitrogens with two attached hydrogens (primary N) is 1. The second-order valence-corrected chi connectivity index (χ2v) is 3.68. The van der Waals surface area contributed by atoms with Gasteiger partial charge in [0, 0.05) is 13.1 Å². The summed E-state index contributed by atoms with van der Waals surface area (Å²) in [7, 11) is 0. The Morgan fingerprint density at radius 2 is 2.14 bits per heavy atom. The number of aliphatic hydroxyl groups excluding tert-OH is 1. The SMILES string of the molecule is C[C@@H]1C[C@H](O)CN(C(=O)C(=O)NN)C1. The molecule has 0 aromatic carbocycles. The molecule has 0 radical (unpaired) electrons. The van der Waals surface area contributed by atoms with Gasteiger partial charge in [-0.3, -0.25) is 15.0 Å². The lowest BCUT2D eigenvalue weighted by Crippen LogP contribution is -2.51. The molecule has 1 heterocycles. The van der Waals surface area contributed by atoms with Crippen molar-refractivity contribution in [2.24, 2.45) is 11.8 Å². The maximum atomic E-state index is 11.3. The molecule has 6 nitrogen and oxygen atoms in total. The van der Waals surface area contributed by atoms with Crippen LogP contribution in [0, 0.1) is 5.92 Å². The minimum Gasteiger partial charge on any atom is -0.391 e. The first kappa shape index (κ1) is 10.9. The Morgan fingerprint density at radius 1 is 1.50 bits per heavy atom. The zero-order valence-electron chi connectivity index (χ0n) is 8.06. The van der Waals surface area contributed by atoms with Crippen LogP contribution in [0.15, 0.2) is 0 Å². The van der Waals surface area contributed by atoms with Gasteiger partial charge in [0.1, 0.15) is 0 Å². The number of hydrazine groups is 1. The highest BCUT2D eigenvalue weighted by Gasteiger charge is 2.29. The third-order valence-corrected chi connectivity index (χ3v) is 2.25. The maximum Gasteiger partial charge on any atom is 0.323 e. The quantitative estimate of drug-likeness (QED) is 0.186. The first-order valence-electron chi connectivity index (χ1n) is 4.52. The minimum atomic E-state index is -0.841. The van der Waals surface area contributed by atoms with Crippen LogP contribution in [0.5, 0.6) is 0 Å². The lowest BCUT2D eigenvalue weighted by atomic mass is 9.98. The highest BCUT2D eigenvalue weighted by molar-refractivity contribution is 6.34. The van der Waals surface area contributed by atoms with E-state index in [4.69, 9.17) is 5.84 Å². The van der Waals surface area contributed by atoms with Gasteiger partial charge in [-0.1, -0.05) is 6.92 Å². The summed E-state index contributed by atoms with van der Waals surface area (Å²) in [4.78, 5) is 23.6. The van der Waals surface area contributed by atoms with Gasteiger partial charge in [0.25, 0.3) is 0 Å². The van der Waals surface area contributed by atoms with Crippen LogP contribution in [0.1, 0.15) is 13.3 Å². The number of nitrogens with one attached hydrogen (secondary N) is 1. The molecule has 0 aliphatic carbocycles. The molecule has 2 amide bonds. The first-order chi connectivity index (χ1) is 6.54. The third kappa shape index (κ3) is 2.43. The predicted octanol–water partition coefficient (Wildman–Crippen LogP) is -1.79. The van der Waals surface area contributed by atoms with E-state index in [0.29, 0.717) is 13.0 Å². The largest absolute Gasteiger partial charge is 0.391 e. The van der Waals surface area contributed by atoms with Gasteiger partial charge in [-0.05, 0) is 12.3 Å². The van der Waals surface area contributed by atoms with Crippen LogP contribution in [0.3, 0.4) is 0 Å². The van der Waals surface area contributed by atoms with Gasteiger partial charge in [0.05, 0.1) is 6.10 Å². The van der Waals surface area contributed by atoms with Gasteiger partial charge in [-0.25, -0.2) is 5.84 Å². The highest BCUT2D eigenvalue weighted by Crippen LogP contribution is 2.15. The summed E-state index contributed by atoms with van der Waals surface area (Å²) < 4.78 is 0. The molecular formula is C8H15N3O3. The fourth-order valence-electron chi connectivity index (χ4n) is 1.69. The number of rotatable bonds is 0. The molecule has 0 aromatic heterocycles. The van der Waals surface area contributed by atoms with Crippen molar-refractivity contribution < 1.29 is 14.7 Å². The van der Waals surface area contributed by atoms with Gasteiger partial charge in [-0.2, -0.15) is 0 Å². The average molecular weight is 201 g/mol. The van der Waals surface area contributed by atoms with E-state index in [1.54, 1.807) is 5.43 Å². The van der Waals surface area contributed by atoms with Crippen LogP contribution in [-0.2, 0) is 9.59 Å². The van der Waals surface area contributed by atoms with E-state index in [1.165, 1.54) is 4.90 Å². The zero-order chi connectivity index (χ0) is 10.7. The number of likely N-dealkylation sites (tertiary alicyclic amines) is 1. The van der Waals surface area contributed by atoms with Gasteiger partial charge in [0.2, 0.25) is 0 Å². The van der Waals surface area contributed by atoms with E-state index in [9.17, 15) is 14.7 Å². The lowest BCUT2D eigenvalue weighted by Gasteiger charge is -2.33. The Labute approximate surface area is 82.0 Å². The number of aliphatic hydroxyl groups is 1. The monoisotopic (exact) mass is 201 g/mol. The second-order valence-electron chi connectivity index (χ2n) is 3.68. The smallest absolute Gasteiger partial charge is 0.323 e. The summed E-state index contributed by atoms with van der Waals surface area (Å²) in [6.07, 6.45) is 0.113. The van der Waals surface area contributed by atoms with Gasteiger partial charge in [-0.15, -0.1) is 0 Å². The van der Waals surface area contributed by atoms with Crippen LogP contribution < -0.4 is 11.3 Å². The number of nitrogens with zero attached hydrogens (tertiary/aromatic N) is 1. The van der Waals surface area contributed by atoms with Gasteiger partial charge < -0.3 is 10.0 Å². The van der Waals surface area contributed by atoms with Gasteiger partial charge >= 0.3 is 11.8 Å². The Morgan fingerprint density at radius 3 is 2.64 bits per heavy atom. The summed E-state index contributed by atoms with van der Waals surface area (Å²) in [5, 5.41) is 9.40. The number of hydrogen-bond acceptors (Lipinski definition) is 4. The van der Waals surface area contributed by atoms with Crippen molar-refractivity contribution in [1.82, 2.24) is 10.3 Å². The van der Waals surface area contributed by atoms with Crippen LogP contribution in [-0.4, -0.2) is 41.0 Å². The fourth-order valence-corrected chi connectivity index (χ4v) is 1.69. The molecule has 1 aliphatic rings. The molecule has 1 fully saturated rings. The van der Waals surface area contributed by atoms with Crippen molar-refractivity contribution in [3.63, 3.8) is 0 Å². The van der Waals surface area contributed by atoms with Crippen LogP contribution in [0.2, 0.25) is 0 Å². The highest BCUT2D eigenvalue weighted by atomic mass is 16.3. The maximum absolute atomic E-state index is 11.3. The summed E-state index contributed by atoms with van der Waals surface area (Å²) in [6, 6.07) is 0. The van der Waals surface area contributed by atoms with Crippen molar-refractivity contribution >= 4 is 11.8 Å². The molecule has 0 spiro atoms. The number of amides is 2. The summed E-state index contributed by atoms with van der Waals surface area (Å²) >= 11 is 0. The van der Waals surface area contributed by atoms with E-state index in [-0.39, 0.29) is 12.5 Å². The number of carbonyl (C=O) groups excluding carboxylic acids is 2. The molecule has 14 heavy (non-hydrogen) atoms. The molecule has 1 saturated heterocycles. The molecule has 0 unspecified atom stereocenters. The topological polar surface area (TPSA) is 95.7 Å². The van der Waals surface area contributed by atoms with E-state index >= 15 is 0 Å². The molecule has 0 saturated carbocycles. The standard InChI is InChI=1S/C8H15N3O3/c1-5-2-6(12)4-11(3-5)8(14)7(13)10-9/h5-6,12H,2-4,9H2,1H3,(H,10,13)/t5-,6+/m1/s1. The zero-order valence-corrected chi connectivity index (χ0v) is 8.06. The molecule has 0 aromatic rings. The predicted molar refractivity (Wildman–Crippen MR) is 48.7 cm³/mol. The number of piperidine rings is 1. The Hall–Kier alpha value is -1.14. The van der Waals surface area contributed by atoms with Crippen molar-refractivity contribution in [2.75, 3.05) is 13.1 Å². The Bertz CT molecular complexity index is 234. The lowest BCUT2D eigenvalue weighted by molar-refractivity contribution is -0.148. The number of hydrogen-bond donors (Lipinski definition) is 3. The molecule has 1 rings (SSSR count). The number of carbonyl (C=O) groups is 2. The van der Waals surface area contributed by atoms with Gasteiger partial charge in [0.15, 0.2) is 0 Å². The molecule has 1 aliphatic heterocycles. The Balaban J connectivity index is 2.59. The first-order valence-corrected chi connectivity index (χ1v) is 4.52. The van der Waals surface area contributed by atoms with Crippen molar-refractivity contribution in [2.45, 2.75) is 19.4 Å². The van der Waals surface area contributed by atoms with Crippen LogP contribution in [0.4, 0.5) is 0 Å². The molecule has 80 valence electrons. The van der Waals surface area contributed by atoms with E-state index in [0.717, 1.165) is 0 Å². The normalized spacial score (nSPS) is 27.2. The minimum absolute atomic E-state index is 0.202. The van der Waals surface area contributed by atoms with Crippen molar-refractivity contribution in [3.8, 4) is 0 Å². The fraction of sp³-hybridized carbons (Fsp3) is 0.750. The molecule has 0 bridgehead atoms. The summed E-state index contributed by atoms with van der Waals surface area (Å²) in [6.45, 7) is 2.61. The van der Waals surface area contributed by atoms with E-state index < -0.39 is 17.9 Å². The molecule has 2 atom stereocenters. The number of β-amino-alcohol motifs (C(OH)–C–C–N with tert-alkyl or cyclic N) is 1. The van der Waals surface area contributed by atoms with Crippen molar-refractivity contribution in [3.05, 3.63) is 0 Å². The average Bonchev–Trinajstić information content (AvgIpc) is 2.14. The van der Waals surface area contributed by atoms with E-state index in [2.05, 4.69) is 0 Å². The molecule has 6 heteroatoms. The molecular weight excluding hydrogens is 186 g/mol. The van der Waals surface area contributed by atoms with Crippen LogP contribution in [0.25, 0.3) is 0 Å². The van der Waals surface area contributed by atoms with E-state index in [1.807, 2.05) is 6.92 Å². The molecule has 4 N–H and O–H groups in total.